The summed E-state index contributed by atoms with van der Waals surface area (Å²) in [7, 11) is 0. The maximum atomic E-state index is 12.4. The molecule has 1 N–H and O–H groups in total. The van der Waals surface area contributed by atoms with Crippen LogP contribution in [0.5, 0.6) is 0 Å². The third kappa shape index (κ3) is 3.47. The summed E-state index contributed by atoms with van der Waals surface area (Å²) in [6.07, 6.45) is 1.36. The van der Waals surface area contributed by atoms with Crippen LogP contribution in [0.15, 0.2) is 0 Å². The Kier molecular flexibility index (Phi) is 5.32. The normalized spacial score (nSPS) is 27.9. The Morgan fingerprint density at radius 2 is 2.10 bits per heavy atom. The van der Waals surface area contributed by atoms with Crippen LogP contribution in [-0.4, -0.2) is 53.1 Å². The van der Waals surface area contributed by atoms with Crippen molar-refractivity contribution in [2.45, 2.75) is 51.8 Å². The second kappa shape index (κ2) is 6.80. The van der Waals surface area contributed by atoms with Crippen LogP contribution in [-0.2, 0) is 14.3 Å². The maximum absolute atomic E-state index is 12.4. The number of hydrogen-bond donors (Lipinski definition) is 1. The lowest BCUT2D eigenvalue weighted by molar-refractivity contribution is -0.145. The molecule has 3 atom stereocenters. The van der Waals surface area contributed by atoms with Crippen molar-refractivity contribution in [1.82, 2.24) is 10.2 Å². The van der Waals surface area contributed by atoms with Gasteiger partial charge in [-0.1, -0.05) is 13.8 Å². The average Bonchev–Trinajstić information content (AvgIpc) is 3.08. The van der Waals surface area contributed by atoms with Crippen molar-refractivity contribution in [3.8, 4) is 0 Å². The quantitative estimate of drug-likeness (QED) is 0.848. The Morgan fingerprint density at radius 3 is 2.70 bits per heavy atom. The summed E-state index contributed by atoms with van der Waals surface area (Å²) in [4.78, 5) is 26.4. The fraction of sp³-hybridized carbons (Fsp3) is 0.857. The molecule has 6 heteroatoms. The van der Waals surface area contributed by atoms with E-state index in [0.29, 0.717) is 24.2 Å². The number of amides is 2. The number of ether oxygens (including phenoxy) is 1. The van der Waals surface area contributed by atoms with Crippen molar-refractivity contribution in [1.29, 1.82) is 0 Å². The summed E-state index contributed by atoms with van der Waals surface area (Å²) < 4.78 is 5.44. The molecule has 5 nitrogen and oxygen atoms in total. The SMILES string of the molecule is CC(C)[C@H](C)NC(=O)[C@H]1CSCN1C(=O)[C@H]1CCCO1. The van der Waals surface area contributed by atoms with Gasteiger partial charge in [-0.25, -0.2) is 0 Å². The zero-order valence-corrected chi connectivity index (χ0v) is 13.2. The number of thioether (sulfide) groups is 1. The largest absolute Gasteiger partial charge is 0.368 e. The van der Waals surface area contributed by atoms with Gasteiger partial charge < -0.3 is 15.0 Å². The van der Waals surface area contributed by atoms with Gasteiger partial charge in [0.2, 0.25) is 5.91 Å². The van der Waals surface area contributed by atoms with E-state index in [-0.39, 0.29) is 30.0 Å². The first-order valence-corrected chi connectivity index (χ1v) is 8.46. The summed E-state index contributed by atoms with van der Waals surface area (Å²) in [6.45, 7) is 6.79. The lowest BCUT2D eigenvalue weighted by Crippen LogP contribution is -2.52. The van der Waals surface area contributed by atoms with Gasteiger partial charge >= 0.3 is 0 Å². The van der Waals surface area contributed by atoms with E-state index < -0.39 is 0 Å². The summed E-state index contributed by atoms with van der Waals surface area (Å²) >= 11 is 1.63. The predicted octanol–water partition coefficient (Wildman–Crippen LogP) is 1.23. The van der Waals surface area contributed by atoms with Crippen molar-refractivity contribution in [3.05, 3.63) is 0 Å². The summed E-state index contributed by atoms with van der Waals surface area (Å²) in [5.41, 5.74) is 0. The highest BCUT2D eigenvalue weighted by molar-refractivity contribution is 7.99. The number of nitrogens with one attached hydrogen (secondary N) is 1. The smallest absolute Gasteiger partial charge is 0.253 e. The fourth-order valence-corrected chi connectivity index (χ4v) is 3.49. The molecular weight excluding hydrogens is 276 g/mol. The molecule has 0 bridgehead atoms. The fourth-order valence-electron chi connectivity index (χ4n) is 2.32. The van der Waals surface area contributed by atoms with Gasteiger partial charge in [0.15, 0.2) is 0 Å². The Hall–Kier alpha value is -0.750. The number of rotatable bonds is 4. The van der Waals surface area contributed by atoms with Crippen molar-refractivity contribution in [2.75, 3.05) is 18.2 Å². The van der Waals surface area contributed by atoms with Gasteiger partial charge in [0.25, 0.3) is 5.91 Å². The molecule has 0 aromatic heterocycles. The standard InChI is InChI=1S/C14H24N2O3S/c1-9(2)10(3)15-13(17)11-7-20-8-16(11)14(18)12-5-4-6-19-12/h9-12H,4-8H2,1-3H3,(H,15,17)/t10-,11+,12+/m0/s1. The van der Waals surface area contributed by atoms with Gasteiger partial charge in [-0.15, -0.1) is 11.8 Å². The summed E-state index contributed by atoms with van der Waals surface area (Å²) in [5.74, 6) is 1.59. The Morgan fingerprint density at radius 1 is 1.35 bits per heavy atom. The van der Waals surface area contributed by atoms with Gasteiger partial charge in [-0.3, -0.25) is 9.59 Å². The maximum Gasteiger partial charge on any atom is 0.253 e. The Bertz CT molecular complexity index is 369. The molecule has 2 rings (SSSR count). The molecule has 0 saturated carbocycles. The van der Waals surface area contributed by atoms with Crippen molar-refractivity contribution in [2.24, 2.45) is 5.92 Å². The molecule has 2 fully saturated rings. The number of hydrogen-bond acceptors (Lipinski definition) is 4. The van der Waals surface area contributed by atoms with E-state index in [4.69, 9.17) is 4.74 Å². The number of carbonyl (C=O) groups excluding carboxylic acids is 2. The molecule has 2 aliphatic heterocycles. The lowest BCUT2D eigenvalue weighted by Gasteiger charge is -2.27. The monoisotopic (exact) mass is 300 g/mol. The molecular formula is C14H24N2O3S. The van der Waals surface area contributed by atoms with Gasteiger partial charge in [0.05, 0.1) is 5.88 Å². The molecule has 0 spiro atoms. The minimum absolute atomic E-state index is 0.0233. The molecule has 0 unspecified atom stereocenters. The minimum Gasteiger partial charge on any atom is -0.368 e. The van der Waals surface area contributed by atoms with Crippen LogP contribution >= 0.6 is 11.8 Å². The number of carbonyl (C=O) groups is 2. The van der Waals surface area contributed by atoms with E-state index in [1.807, 2.05) is 6.92 Å². The van der Waals surface area contributed by atoms with Gasteiger partial charge in [-0.2, -0.15) is 0 Å². The van der Waals surface area contributed by atoms with E-state index in [1.165, 1.54) is 0 Å². The van der Waals surface area contributed by atoms with Crippen LogP contribution in [0.3, 0.4) is 0 Å². The highest BCUT2D eigenvalue weighted by Gasteiger charge is 2.39. The Labute approximate surface area is 124 Å². The molecule has 2 amide bonds. The first kappa shape index (κ1) is 15.6. The molecule has 2 heterocycles. The first-order chi connectivity index (χ1) is 9.50. The van der Waals surface area contributed by atoms with E-state index >= 15 is 0 Å². The van der Waals surface area contributed by atoms with Gasteiger partial charge in [-0.05, 0) is 25.7 Å². The highest BCUT2D eigenvalue weighted by Crippen LogP contribution is 2.25. The van der Waals surface area contributed by atoms with Crippen molar-refractivity contribution in [3.63, 3.8) is 0 Å². The third-order valence-electron chi connectivity index (χ3n) is 4.04. The lowest BCUT2D eigenvalue weighted by atomic mass is 10.1. The van der Waals surface area contributed by atoms with E-state index in [2.05, 4.69) is 19.2 Å². The first-order valence-electron chi connectivity index (χ1n) is 7.31. The second-order valence-electron chi connectivity index (χ2n) is 5.87. The van der Waals surface area contributed by atoms with E-state index in [9.17, 15) is 9.59 Å². The molecule has 2 saturated heterocycles. The summed E-state index contributed by atoms with van der Waals surface area (Å²) in [5, 5.41) is 3.01. The van der Waals surface area contributed by atoms with Crippen molar-refractivity contribution < 1.29 is 14.3 Å². The average molecular weight is 300 g/mol. The molecule has 114 valence electrons. The van der Waals surface area contributed by atoms with Gasteiger partial charge in [0.1, 0.15) is 12.1 Å². The molecule has 0 aliphatic carbocycles. The summed E-state index contributed by atoms with van der Waals surface area (Å²) in [6, 6.07) is -0.231. The van der Waals surface area contributed by atoms with Crippen LogP contribution in [0.4, 0.5) is 0 Å². The number of nitrogens with zero attached hydrogens (tertiary/aromatic N) is 1. The van der Waals surface area contributed by atoms with Crippen LogP contribution in [0.25, 0.3) is 0 Å². The van der Waals surface area contributed by atoms with Crippen molar-refractivity contribution >= 4 is 23.6 Å². The predicted molar refractivity (Wildman–Crippen MR) is 79.4 cm³/mol. The van der Waals surface area contributed by atoms with Gasteiger partial charge in [0, 0.05) is 18.4 Å². The minimum atomic E-state index is -0.349. The topological polar surface area (TPSA) is 58.6 Å². The van der Waals surface area contributed by atoms with Crippen LogP contribution in [0, 0.1) is 5.92 Å². The zero-order chi connectivity index (χ0) is 14.7. The third-order valence-corrected chi connectivity index (χ3v) is 5.06. The van der Waals surface area contributed by atoms with Crippen LogP contribution < -0.4 is 5.32 Å². The molecule has 20 heavy (non-hydrogen) atoms. The van der Waals surface area contributed by atoms with Crippen LogP contribution in [0.2, 0.25) is 0 Å². The highest BCUT2D eigenvalue weighted by atomic mass is 32.2. The zero-order valence-electron chi connectivity index (χ0n) is 12.4. The Balaban J connectivity index is 1.95. The second-order valence-corrected chi connectivity index (χ2v) is 6.87. The molecule has 0 aromatic carbocycles. The molecule has 0 radical (unpaired) electrons. The van der Waals surface area contributed by atoms with Crippen LogP contribution in [0.1, 0.15) is 33.6 Å². The molecule has 0 aromatic rings. The van der Waals surface area contributed by atoms with E-state index in [0.717, 1.165) is 12.8 Å². The van der Waals surface area contributed by atoms with E-state index in [1.54, 1.807) is 16.7 Å². The molecule has 2 aliphatic rings.